The van der Waals surface area contributed by atoms with Crippen molar-refractivity contribution in [1.29, 1.82) is 0 Å². The summed E-state index contributed by atoms with van der Waals surface area (Å²) in [4.78, 5) is 29.7. The van der Waals surface area contributed by atoms with Gasteiger partial charge in [-0.2, -0.15) is 0 Å². The zero-order chi connectivity index (χ0) is 21.0. The number of piperidine rings is 2. The van der Waals surface area contributed by atoms with Crippen molar-refractivity contribution in [2.45, 2.75) is 56.7 Å². The second-order valence-electron chi connectivity index (χ2n) is 8.58. The van der Waals surface area contributed by atoms with E-state index < -0.39 is 17.6 Å². The molecular weight excluding hydrogens is 368 g/mol. The van der Waals surface area contributed by atoms with Crippen LogP contribution < -0.4 is 11.5 Å². The molecule has 0 aromatic heterocycles. The van der Waals surface area contributed by atoms with Crippen LogP contribution in [0.5, 0.6) is 0 Å². The highest BCUT2D eigenvalue weighted by Gasteiger charge is 2.52. The van der Waals surface area contributed by atoms with Crippen molar-refractivity contribution < 1.29 is 14.7 Å². The average molecular weight is 403 g/mol. The maximum atomic E-state index is 13.4. The molecule has 1 aromatic rings. The Bertz CT molecular complexity index is 713. The lowest BCUT2D eigenvalue weighted by atomic mass is 9.69. The normalized spacial score (nSPS) is 28.6. The molecule has 2 fully saturated rings. The number of amides is 2. The lowest BCUT2D eigenvalue weighted by molar-refractivity contribution is -0.164. The number of rotatable bonds is 6. The first-order valence-electron chi connectivity index (χ1n) is 10.6. The van der Waals surface area contributed by atoms with Gasteiger partial charge in [-0.3, -0.25) is 9.59 Å². The summed E-state index contributed by atoms with van der Waals surface area (Å²) in [6.07, 6.45) is 3.38. The molecule has 0 unspecified atom stereocenters. The summed E-state index contributed by atoms with van der Waals surface area (Å²) in [5.41, 5.74) is 11.8. The molecule has 3 rings (SSSR count). The Balaban J connectivity index is 1.73. The molecule has 1 aromatic carbocycles. The van der Waals surface area contributed by atoms with E-state index in [1.165, 1.54) is 0 Å². The van der Waals surface area contributed by atoms with E-state index >= 15 is 0 Å². The van der Waals surface area contributed by atoms with E-state index in [0.717, 1.165) is 24.8 Å². The Hall–Kier alpha value is -1.96. The number of likely N-dealkylation sites (N-methyl/N-ethyl adjacent to an activating group) is 1. The molecular formula is C22H34N4O3. The molecule has 0 aliphatic carbocycles. The van der Waals surface area contributed by atoms with E-state index in [2.05, 4.69) is 0 Å². The number of likely N-dealkylation sites (tertiary alicyclic amines) is 2. The molecule has 0 radical (unpaired) electrons. The van der Waals surface area contributed by atoms with Crippen LogP contribution in [-0.4, -0.2) is 65.5 Å². The molecule has 4 atom stereocenters. The highest BCUT2D eigenvalue weighted by Crippen LogP contribution is 2.45. The third-order valence-electron chi connectivity index (χ3n) is 6.47. The number of nitrogens with two attached hydrogens (primary N) is 2. The third kappa shape index (κ3) is 4.47. The van der Waals surface area contributed by atoms with Gasteiger partial charge < -0.3 is 26.4 Å². The maximum Gasteiger partial charge on any atom is 0.239 e. The van der Waals surface area contributed by atoms with Crippen LogP contribution >= 0.6 is 0 Å². The van der Waals surface area contributed by atoms with Gasteiger partial charge in [-0.25, -0.2) is 0 Å². The number of carbonyl (C=O) groups excluding carboxylic acids is 2. The monoisotopic (exact) mass is 402 g/mol. The maximum absolute atomic E-state index is 13.4. The van der Waals surface area contributed by atoms with Gasteiger partial charge >= 0.3 is 0 Å². The van der Waals surface area contributed by atoms with Crippen LogP contribution in [-0.2, 0) is 9.59 Å². The molecule has 2 amide bonds. The zero-order valence-electron chi connectivity index (χ0n) is 17.3. The number of aliphatic hydroxyl groups is 1. The van der Waals surface area contributed by atoms with E-state index in [0.29, 0.717) is 38.9 Å². The summed E-state index contributed by atoms with van der Waals surface area (Å²) >= 11 is 0. The highest BCUT2D eigenvalue weighted by atomic mass is 16.3. The number of benzene rings is 1. The smallest absolute Gasteiger partial charge is 0.239 e. The summed E-state index contributed by atoms with van der Waals surface area (Å²) in [6, 6.07) is 8.70. The molecule has 1 spiro atoms. The van der Waals surface area contributed by atoms with Crippen molar-refractivity contribution in [3.8, 4) is 0 Å². The van der Waals surface area contributed by atoms with E-state index in [9.17, 15) is 14.7 Å². The number of unbranched alkanes of at least 4 members (excludes halogenated alkanes) is 1. The lowest BCUT2D eigenvalue weighted by Crippen LogP contribution is -2.61. The van der Waals surface area contributed by atoms with E-state index in [-0.39, 0.29) is 17.9 Å². The summed E-state index contributed by atoms with van der Waals surface area (Å²) in [6.45, 7) is 1.54. The van der Waals surface area contributed by atoms with Crippen molar-refractivity contribution in [3.63, 3.8) is 0 Å². The van der Waals surface area contributed by atoms with Crippen molar-refractivity contribution in [3.05, 3.63) is 35.9 Å². The molecule has 0 saturated carbocycles. The lowest BCUT2D eigenvalue weighted by Gasteiger charge is -2.51. The van der Waals surface area contributed by atoms with Crippen molar-refractivity contribution in [2.75, 3.05) is 26.7 Å². The molecule has 29 heavy (non-hydrogen) atoms. The van der Waals surface area contributed by atoms with E-state index in [1.54, 1.807) is 16.8 Å². The summed E-state index contributed by atoms with van der Waals surface area (Å²) in [5, 5.41) is 11.0. The molecule has 2 aliphatic heterocycles. The molecule has 5 N–H and O–H groups in total. The Kier molecular flexibility index (Phi) is 6.93. The number of nitrogens with zero attached hydrogens (tertiary/aromatic N) is 2. The van der Waals surface area contributed by atoms with Crippen LogP contribution in [0.4, 0.5) is 0 Å². The predicted molar refractivity (Wildman–Crippen MR) is 112 cm³/mol. The highest BCUT2D eigenvalue weighted by molar-refractivity contribution is 5.87. The molecule has 2 saturated heterocycles. The van der Waals surface area contributed by atoms with Gasteiger partial charge in [0.15, 0.2) is 0 Å². The van der Waals surface area contributed by atoms with Gasteiger partial charge in [-0.05, 0) is 44.2 Å². The molecule has 7 nitrogen and oxygen atoms in total. The Labute approximate surface area is 173 Å². The number of carbonyl (C=O) groups is 2. The summed E-state index contributed by atoms with van der Waals surface area (Å²) in [7, 11) is 1.75. The largest absolute Gasteiger partial charge is 0.391 e. The summed E-state index contributed by atoms with van der Waals surface area (Å²) in [5.74, 6) is -0.0953. The summed E-state index contributed by atoms with van der Waals surface area (Å²) < 4.78 is 0. The van der Waals surface area contributed by atoms with Gasteiger partial charge in [-0.1, -0.05) is 36.8 Å². The van der Waals surface area contributed by atoms with Gasteiger partial charge in [0, 0.05) is 20.1 Å². The first-order chi connectivity index (χ1) is 13.9. The van der Waals surface area contributed by atoms with Crippen LogP contribution in [0.25, 0.3) is 0 Å². The average Bonchev–Trinajstić information content (AvgIpc) is 2.72. The van der Waals surface area contributed by atoms with Crippen LogP contribution in [0.1, 0.15) is 50.1 Å². The van der Waals surface area contributed by atoms with Crippen LogP contribution in [0, 0.1) is 5.41 Å². The Morgan fingerprint density at radius 2 is 2.03 bits per heavy atom. The Morgan fingerprint density at radius 3 is 2.72 bits per heavy atom. The fourth-order valence-corrected chi connectivity index (χ4v) is 4.98. The van der Waals surface area contributed by atoms with Gasteiger partial charge in [0.05, 0.1) is 23.6 Å². The van der Waals surface area contributed by atoms with Crippen LogP contribution in [0.15, 0.2) is 30.3 Å². The van der Waals surface area contributed by atoms with Crippen LogP contribution in [0.3, 0.4) is 0 Å². The van der Waals surface area contributed by atoms with Gasteiger partial charge in [0.2, 0.25) is 11.8 Å². The fourth-order valence-electron chi connectivity index (χ4n) is 4.98. The van der Waals surface area contributed by atoms with Crippen molar-refractivity contribution >= 4 is 11.8 Å². The minimum absolute atomic E-state index is 0.00542. The molecule has 0 bridgehead atoms. The van der Waals surface area contributed by atoms with Gasteiger partial charge in [0.1, 0.15) is 0 Å². The molecule has 7 heteroatoms. The first kappa shape index (κ1) is 21.7. The SMILES string of the molecule is CN1C(=O)[C@]2(CCCN(C(=O)[C@@H](N)CCCCN)C2)C[C@@H](O)[C@@H]1c1ccccc1. The first-order valence-corrected chi connectivity index (χ1v) is 10.6. The minimum Gasteiger partial charge on any atom is -0.391 e. The quantitative estimate of drug-likeness (QED) is 0.615. The van der Waals surface area contributed by atoms with E-state index in [1.807, 2.05) is 30.3 Å². The van der Waals surface area contributed by atoms with Crippen molar-refractivity contribution in [2.24, 2.45) is 16.9 Å². The zero-order valence-corrected chi connectivity index (χ0v) is 17.3. The second-order valence-corrected chi connectivity index (χ2v) is 8.58. The van der Waals surface area contributed by atoms with Crippen molar-refractivity contribution in [1.82, 2.24) is 9.80 Å². The number of hydrogen-bond acceptors (Lipinski definition) is 5. The second kappa shape index (κ2) is 9.24. The topological polar surface area (TPSA) is 113 Å². The number of hydrogen-bond donors (Lipinski definition) is 3. The molecule has 2 aliphatic rings. The fraction of sp³-hybridized carbons (Fsp3) is 0.636. The Morgan fingerprint density at radius 1 is 1.31 bits per heavy atom. The molecule has 160 valence electrons. The van der Waals surface area contributed by atoms with Gasteiger partial charge in [-0.15, -0.1) is 0 Å². The molecule has 2 heterocycles. The third-order valence-corrected chi connectivity index (χ3v) is 6.47. The number of aliphatic hydroxyl groups excluding tert-OH is 1. The van der Waals surface area contributed by atoms with E-state index in [4.69, 9.17) is 11.5 Å². The standard InChI is InChI=1S/C22H34N4O3/c1-25-19(16-8-3-2-4-9-16)18(27)14-22(21(25)29)11-7-13-26(15-22)20(28)17(24)10-5-6-12-23/h2-4,8-9,17-19,27H,5-7,10-15,23-24H2,1H3/t17-,18+,19-,22+/m0/s1. The minimum atomic E-state index is -0.732. The van der Waals surface area contributed by atoms with Gasteiger partial charge in [0.25, 0.3) is 0 Å². The van der Waals surface area contributed by atoms with Crippen LogP contribution in [0.2, 0.25) is 0 Å². The predicted octanol–water partition coefficient (Wildman–Crippen LogP) is 1.02.